The van der Waals surface area contributed by atoms with Crippen LogP contribution in [0.4, 0.5) is 5.69 Å². The lowest BCUT2D eigenvalue weighted by Crippen LogP contribution is -2.35. The topological polar surface area (TPSA) is 88.9 Å². The maximum absolute atomic E-state index is 12.7. The molecule has 1 aromatic heterocycles. The molecule has 7 heteroatoms. The van der Waals surface area contributed by atoms with Gasteiger partial charge >= 0.3 is 0 Å². The summed E-state index contributed by atoms with van der Waals surface area (Å²) in [6.45, 7) is 2.24. The number of aryl methyl sites for hydroxylation is 3. The van der Waals surface area contributed by atoms with Crippen LogP contribution in [0.1, 0.15) is 47.3 Å². The monoisotopic (exact) mass is 417 g/mol. The molecule has 4 rings (SSSR count). The number of anilines is 1. The van der Waals surface area contributed by atoms with E-state index in [1.54, 1.807) is 24.3 Å². The summed E-state index contributed by atoms with van der Waals surface area (Å²) in [4.78, 5) is 24.0. The lowest BCUT2D eigenvalue weighted by molar-refractivity contribution is -0.114. The molecule has 160 valence electrons. The number of nitrogens with zero attached hydrogens (tertiary/aromatic N) is 3. The minimum absolute atomic E-state index is 0.0700. The fourth-order valence-electron chi connectivity index (χ4n) is 3.99. The summed E-state index contributed by atoms with van der Waals surface area (Å²) in [5, 5.41) is 14.7. The normalized spacial score (nSPS) is 15.6. The number of amides is 2. The second-order valence-corrected chi connectivity index (χ2v) is 7.93. The average Bonchev–Trinajstić information content (AvgIpc) is 3.05. The fourth-order valence-corrected chi connectivity index (χ4v) is 3.99. The van der Waals surface area contributed by atoms with E-state index in [4.69, 9.17) is 0 Å². The number of carbonyl (C=O) groups is 2. The molecule has 0 aliphatic carbocycles. The molecule has 1 atom stereocenters. The molecule has 0 saturated heterocycles. The molecule has 7 nitrogen and oxygen atoms in total. The standard InChI is InChI=1S/C24H27N5O2/c1-17(30)25-21-9-5-8-19(16-21)24(31)26-20-11-13-23-28-27-22(29(23)15-14-20)12-10-18-6-3-2-4-7-18/h2-9,16,20H,10-15H2,1H3,(H,25,30)(H,26,31). The molecule has 1 unspecified atom stereocenters. The van der Waals surface area contributed by atoms with E-state index < -0.39 is 0 Å². The Morgan fingerprint density at radius 1 is 1.03 bits per heavy atom. The molecule has 31 heavy (non-hydrogen) atoms. The lowest BCUT2D eigenvalue weighted by atomic mass is 10.1. The number of hydrogen-bond donors (Lipinski definition) is 2. The predicted molar refractivity (Wildman–Crippen MR) is 119 cm³/mol. The quantitative estimate of drug-likeness (QED) is 0.645. The van der Waals surface area contributed by atoms with Gasteiger partial charge in [0.15, 0.2) is 0 Å². The van der Waals surface area contributed by atoms with Gasteiger partial charge < -0.3 is 15.2 Å². The van der Waals surface area contributed by atoms with Crippen LogP contribution in [0, 0.1) is 0 Å². The highest BCUT2D eigenvalue weighted by Crippen LogP contribution is 2.18. The first-order chi connectivity index (χ1) is 15.1. The molecule has 0 bridgehead atoms. The lowest BCUT2D eigenvalue weighted by Gasteiger charge is -2.16. The molecule has 1 aliphatic heterocycles. The number of nitrogens with one attached hydrogen (secondary N) is 2. The zero-order chi connectivity index (χ0) is 21.6. The van der Waals surface area contributed by atoms with Crippen LogP contribution < -0.4 is 10.6 Å². The zero-order valence-corrected chi connectivity index (χ0v) is 17.7. The fraction of sp³-hybridized carbons (Fsp3) is 0.333. The minimum atomic E-state index is -0.160. The highest BCUT2D eigenvalue weighted by Gasteiger charge is 2.22. The van der Waals surface area contributed by atoms with Crippen molar-refractivity contribution in [2.45, 2.75) is 51.6 Å². The zero-order valence-electron chi connectivity index (χ0n) is 17.7. The third-order valence-electron chi connectivity index (χ3n) is 5.58. The Kier molecular flexibility index (Phi) is 6.40. The van der Waals surface area contributed by atoms with Gasteiger partial charge in [0.1, 0.15) is 11.6 Å². The molecule has 2 aromatic carbocycles. The van der Waals surface area contributed by atoms with E-state index in [1.165, 1.54) is 12.5 Å². The van der Waals surface area contributed by atoms with Crippen LogP contribution in [0.25, 0.3) is 0 Å². The predicted octanol–water partition coefficient (Wildman–Crippen LogP) is 3.16. The summed E-state index contributed by atoms with van der Waals surface area (Å²) in [5.74, 6) is 1.72. The van der Waals surface area contributed by atoms with Gasteiger partial charge in [-0.3, -0.25) is 9.59 Å². The first-order valence-electron chi connectivity index (χ1n) is 10.7. The van der Waals surface area contributed by atoms with Crippen molar-refractivity contribution in [3.8, 4) is 0 Å². The Labute approximate surface area is 181 Å². The van der Waals surface area contributed by atoms with E-state index in [0.29, 0.717) is 11.3 Å². The van der Waals surface area contributed by atoms with Gasteiger partial charge in [-0.1, -0.05) is 36.4 Å². The number of fused-ring (bicyclic) bond motifs is 1. The van der Waals surface area contributed by atoms with Crippen LogP contribution in [-0.4, -0.2) is 32.6 Å². The van der Waals surface area contributed by atoms with Crippen molar-refractivity contribution < 1.29 is 9.59 Å². The molecule has 2 heterocycles. The number of carbonyl (C=O) groups excluding carboxylic acids is 2. The van der Waals surface area contributed by atoms with Crippen molar-refractivity contribution in [1.29, 1.82) is 0 Å². The van der Waals surface area contributed by atoms with Crippen molar-refractivity contribution in [3.05, 3.63) is 77.4 Å². The Hall–Kier alpha value is -3.48. The molecule has 2 N–H and O–H groups in total. The first kappa shape index (κ1) is 20.8. The summed E-state index contributed by atoms with van der Waals surface area (Å²) in [5.41, 5.74) is 2.45. The molecular weight excluding hydrogens is 390 g/mol. The van der Waals surface area contributed by atoms with Gasteiger partial charge in [0.05, 0.1) is 0 Å². The number of aromatic nitrogens is 3. The average molecular weight is 418 g/mol. The van der Waals surface area contributed by atoms with Crippen LogP contribution in [0.3, 0.4) is 0 Å². The Morgan fingerprint density at radius 3 is 2.68 bits per heavy atom. The summed E-state index contributed by atoms with van der Waals surface area (Å²) < 4.78 is 2.21. The van der Waals surface area contributed by atoms with Gasteiger partial charge in [0.2, 0.25) is 5.91 Å². The Bertz CT molecular complexity index is 1060. The van der Waals surface area contributed by atoms with Gasteiger partial charge in [0.25, 0.3) is 5.91 Å². The van der Waals surface area contributed by atoms with Crippen molar-refractivity contribution in [3.63, 3.8) is 0 Å². The van der Waals surface area contributed by atoms with Crippen molar-refractivity contribution in [1.82, 2.24) is 20.1 Å². The third kappa shape index (κ3) is 5.36. The van der Waals surface area contributed by atoms with Crippen LogP contribution in [0.2, 0.25) is 0 Å². The van der Waals surface area contributed by atoms with E-state index >= 15 is 0 Å². The van der Waals surface area contributed by atoms with E-state index in [0.717, 1.165) is 50.3 Å². The van der Waals surface area contributed by atoms with Crippen LogP contribution in [-0.2, 0) is 30.6 Å². The third-order valence-corrected chi connectivity index (χ3v) is 5.58. The number of benzene rings is 2. The van der Waals surface area contributed by atoms with Gasteiger partial charge in [-0.05, 0) is 43.0 Å². The summed E-state index contributed by atoms with van der Waals surface area (Å²) in [6, 6.07) is 17.5. The van der Waals surface area contributed by atoms with Gasteiger partial charge in [-0.15, -0.1) is 10.2 Å². The van der Waals surface area contributed by atoms with Crippen LogP contribution in [0.15, 0.2) is 54.6 Å². The van der Waals surface area contributed by atoms with Gasteiger partial charge in [0, 0.05) is 43.6 Å². The molecule has 0 radical (unpaired) electrons. The first-order valence-corrected chi connectivity index (χ1v) is 10.7. The maximum atomic E-state index is 12.7. The van der Waals surface area contributed by atoms with Crippen molar-refractivity contribution in [2.75, 3.05) is 5.32 Å². The highest BCUT2D eigenvalue weighted by molar-refractivity contribution is 5.96. The summed E-state index contributed by atoms with van der Waals surface area (Å²) >= 11 is 0. The molecule has 0 spiro atoms. The van der Waals surface area contributed by atoms with Crippen LogP contribution >= 0.6 is 0 Å². The van der Waals surface area contributed by atoms with Gasteiger partial charge in [-0.2, -0.15) is 0 Å². The molecule has 1 aliphatic rings. The van der Waals surface area contributed by atoms with E-state index in [1.807, 2.05) is 6.07 Å². The van der Waals surface area contributed by atoms with E-state index in [-0.39, 0.29) is 17.9 Å². The van der Waals surface area contributed by atoms with E-state index in [9.17, 15) is 9.59 Å². The number of hydrogen-bond acceptors (Lipinski definition) is 4. The van der Waals surface area contributed by atoms with Crippen LogP contribution in [0.5, 0.6) is 0 Å². The van der Waals surface area contributed by atoms with Gasteiger partial charge in [-0.25, -0.2) is 0 Å². The SMILES string of the molecule is CC(=O)Nc1cccc(C(=O)NC2CCc3nnc(CCc4ccccc4)n3CC2)c1. The molecular formula is C24H27N5O2. The molecule has 0 fully saturated rings. The summed E-state index contributed by atoms with van der Waals surface area (Å²) in [7, 11) is 0. The molecule has 3 aromatic rings. The number of rotatable bonds is 6. The highest BCUT2D eigenvalue weighted by atomic mass is 16.2. The smallest absolute Gasteiger partial charge is 0.251 e. The van der Waals surface area contributed by atoms with E-state index in [2.05, 4.69) is 49.7 Å². The maximum Gasteiger partial charge on any atom is 0.251 e. The minimum Gasteiger partial charge on any atom is -0.349 e. The molecule has 0 saturated carbocycles. The Morgan fingerprint density at radius 2 is 1.87 bits per heavy atom. The largest absolute Gasteiger partial charge is 0.349 e. The second kappa shape index (κ2) is 9.55. The Balaban J connectivity index is 1.36. The van der Waals surface area contributed by atoms with Crippen molar-refractivity contribution >= 4 is 17.5 Å². The van der Waals surface area contributed by atoms with Crippen molar-refractivity contribution in [2.24, 2.45) is 0 Å². The summed E-state index contributed by atoms with van der Waals surface area (Å²) in [6.07, 6.45) is 4.23. The second-order valence-electron chi connectivity index (χ2n) is 7.93. The molecule has 2 amide bonds.